The second kappa shape index (κ2) is 9.87. The van der Waals surface area contributed by atoms with Gasteiger partial charge in [0.25, 0.3) is 0 Å². The van der Waals surface area contributed by atoms with E-state index in [-0.39, 0.29) is 0 Å². The maximum absolute atomic E-state index is 5.57. The predicted molar refractivity (Wildman–Crippen MR) is 89.7 cm³/mol. The lowest BCUT2D eigenvalue weighted by molar-refractivity contribution is 0.139. The van der Waals surface area contributed by atoms with Crippen LogP contribution in [-0.2, 0) is 4.74 Å². The van der Waals surface area contributed by atoms with Crippen LogP contribution < -0.4 is 11.1 Å². The van der Waals surface area contributed by atoms with Gasteiger partial charge in [-0.2, -0.15) is 0 Å². The first kappa shape index (κ1) is 16.4. The summed E-state index contributed by atoms with van der Waals surface area (Å²) in [5, 5.41) is 3.26. The zero-order valence-electron chi connectivity index (χ0n) is 12.9. The Balaban J connectivity index is 1.70. The molecule has 0 saturated heterocycles. The molecule has 0 amide bonds. The van der Waals surface area contributed by atoms with Gasteiger partial charge in [-0.1, -0.05) is 30.3 Å². The van der Waals surface area contributed by atoms with E-state index in [1.807, 2.05) is 36.4 Å². The largest absolute Gasteiger partial charge is 0.380 e. The second-order valence-electron chi connectivity index (χ2n) is 5.04. The minimum Gasteiger partial charge on any atom is -0.380 e. The number of rotatable bonds is 10. The van der Waals surface area contributed by atoms with Gasteiger partial charge in [0, 0.05) is 24.8 Å². The Labute approximate surface area is 131 Å². The molecule has 2 aromatic rings. The third kappa shape index (κ3) is 5.79. The lowest BCUT2D eigenvalue weighted by Gasteiger charge is -2.08. The first-order valence-electron chi connectivity index (χ1n) is 7.79. The normalized spacial score (nSPS) is 10.6. The van der Waals surface area contributed by atoms with Crippen LogP contribution in [0.25, 0.3) is 11.3 Å². The van der Waals surface area contributed by atoms with Gasteiger partial charge < -0.3 is 15.8 Å². The zero-order chi connectivity index (χ0) is 15.5. The average Bonchev–Trinajstić information content (AvgIpc) is 2.58. The Hall–Kier alpha value is -1.98. The van der Waals surface area contributed by atoms with Gasteiger partial charge >= 0.3 is 0 Å². The maximum atomic E-state index is 5.57. The fourth-order valence-electron chi connectivity index (χ4n) is 2.10. The molecule has 1 heterocycles. The van der Waals surface area contributed by atoms with Gasteiger partial charge in [-0.3, -0.25) is 0 Å². The summed E-state index contributed by atoms with van der Waals surface area (Å²) in [6.07, 6.45) is 4.86. The van der Waals surface area contributed by atoms with Crippen molar-refractivity contribution in [3.8, 4) is 11.3 Å². The third-order valence-electron chi connectivity index (χ3n) is 3.28. The molecule has 0 unspecified atom stereocenters. The SMILES string of the molecule is NCCCCCOCCNc1cc(-c2ccccc2)ncn1. The number of ether oxygens (including phenoxy) is 1. The number of anilines is 1. The third-order valence-corrected chi connectivity index (χ3v) is 3.28. The lowest BCUT2D eigenvalue weighted by Crippen LogP contribution is -2.11. The first-order chi connectivity index (χ1) is 10.9. The number of hydrogen-bond donors (Lipinski definition) is 2. The second-order valence-corrected chi connectivity index (χ2v) is 5.04. The molecular formula is C17H24N4O. The summed E-state index contributed by atoms with van der Waals surface area (Å²) >= 11 is 0. The van der Waals surface area contributed by atoms with Crippen LogP contribution >= 0.6 is 0 Å². The summed E-state index contributed by atoms with van der Waals surface area (Å²) in [5.41, 5.74) is 7.45. The fourth-order valence-corrected chi connectivity index (χ4v) is 2.10. The quantitative estimate of drug-likeness (QED) is 0.660. The number of nitrogens with zero attached hydrogens (tertiary/aromatic N) is 2. The van der Waals surface area contributed by atoms with Gasteiger partial charge in [0.05, 0.1) is 12.3 Å². The molecule has 2 rings (SSSR count). The Morgan fingerprint density at radius 3 is 2.68 bits per heavy atom. The van der Waals surface area contributed by atoms with Crippen LogP contribution in [-0.4, -0.2) is 36.3 Å². The van der Waals surface area contributed by atoms with Crippen LogP contribution in [0, 0.1) is 0 Å². The van der Waals surface area contributed by atoms with Crippen molar-refractivity contribution >= 4 is 5.82 Å². The summed E-state index contributed by atoms with van der Waals surface area (Å²) in [6, 6.07) is 12.0. The summed E-state index contributed by atoms with van der Waals surface area (Å²) in [7, 11) is 0. The molecule has 0 aliphatic heterocycles. The Morgan fingerprint density at radius 1 is 1.00 bits per heavy atom. The van der Waals surface area contributed by atoms with Crippen molar-refractivity contribution in [1.29, 1.82) is 0 Å². The minimum absolute atomic E-state index is 0.674. The average molecular weight is 300 g/mol. The van der Waals surface area contributed by atoms with E-state index in [0.717, 1.165) is 56.0 Å². The highest BCUT2D eigenvalue weighted by Gasteiger charge is 2.01. The van der Waals surface area contributed by atoms with Crippen molar-refractivity contribution in [2.45, 2.75) is 19.3 Å². The van der Waals surface area contributed by atoms with Gasteiger partial charge in [-0.05, 0) is 25.8 Å². The van der Waals surface area contributed by atoms with Crippen LogP contribution in [0.2, 0.25) is 0 Å². The Kier molecular flexibility index (Phi) is 7.35. The van der Waals surface area contributed by atoms with Crippen LogP contribution in [0.1, 0.15) is 19.3 Å². The Morgan fingerprint density at radius 2 is 1.86 bits per heavy atom. The van der Waals surface area contributed by atoms with Crippen LogP contribution in [0.5, 0.6) is 0 Å². The molecule has 0 fully saturated rings. The van der Waals surface area contributed by atoms with E-state index in [0.29, 0.717) is 6.61 Å². The van der Waals surface area contributed by atoms with Crippen LogP contribution in [0.15, 0.2) is 42.7 Å². The Bertz CT molecular complexity index is 533. The van der Waals surface area contributed by atoms with Gasteiger partial charge in [0.15, 0.2) is 0 Å². The van der Waals surface area contributed by atoms with Crippen molar-refractivity contribution in [3.05, 3.63) is 42.7 Å². The predicted octanol–water partition coefficient (Wildman–Crippen LogP) is 2.70. The fraction of sp³-hybridized carbons (Fsp3) is 0.412. The van der Waals surface area contributed by atoms with Gasteiger partial charge in [-0.25, -0.2) is 9.97 Å². The van der Waals surface area contributed by atoms with E-state index in [9.17, 15) is 0 Å². The van der Waals surface area contributed by atoms with E-state index >= 15 is 0 Å². The smallest absolute Gasteiger partial charge is 0.130 e. The maximum Gasteiger partial charge on any atom is 0.130 e. The van der Waals surface area contributed by atoms with Crippen molar-refractivity contribution in [2.24, 2.45) is 5.73 Å². The molecule has 0 aliphatic rings. The molecule has 118 valence electrons. The summed E-state index contributed by atoms with van der Waals surface area (Å²) in [4.78, 5) is 8.53. The highest BCUT2D eigenvalue weighted by atomic mass is 16.5. The minimum atomic E-state index is 0.674. The molecule has 0 atom stereocenters. The standard InChI is InChI=1S/C17H24N4O/c18-9-5-2-6-11-22-12-10-19-17-13-16(20-14-21-17)15-7-3-1-4-8-15/h1,3-4,7-8,13-14H,2,5-6,9-12,18H2,(H,19,20,21). The number of aromatic nitrogens is 2. The number of hydrogen-bond acceptors (Lipinski definition) is 5. The van der Waals surface area contributed by atoms with Crippen LogP contribution in [0.4, 0.5) is 5.82 Å². The number of unbranched alkanes of at least 4 members (excludes halogenated alkanes) is 2. The topological polar surface area (TPSA) is 73.1 Å². The van der Waals surface area contributed by atoms with Gasteiger partial charge in [0.1, 0.15) is 12.1 Å². The first-order valence-corrected chi connectivity index (χ1v) is 7.79. The summed E-state index contributed by atoms with van der Waals surface area (Å²) < 4.78 is 5.57. The van der Waals surface area contributed by atoms with Gasteiger partial charge in [0.2, 0.25) is 0 Å². The van der Waals surface area contributed by atoms with E-state index in [2.05, 4.69) is 15.3 Å². The molecule has 1 aromatic carbocycles. The molecule has 0 radical (unpaired) electrons. The number of nitrogens with one attached hydrogen (secondary N) is 1. The van der Waals surface area contributed by atoms with Crippen molar-refractivity contribution in [2.75, 3.05) is 31.6 Å². The van der Waals surface area contributed by atoms with E-state index < -0.39 is 0 Å². The molecule has 0 saturated carbocycles. The molecule has 0 spiro atoms. The highest BCUT2D eigenvalue weighted by molar-refractivity contribution is 5.61. The molecule has 5 nitrogen and oxygen atoms in total. The molecule has 1 aromatic heterocycles. The van der Waals surface area contributed by atoms with Crippen molar-refractivity contribution in [1.82, 2.24) is 9.97 Å². The summed E-state index contributed by atoms with van der Waals surface area (Å²) in [5.74, 6) is 0.820. The molecule has 0 aliphatic carbocycles. The molecule has 5 heteroatoms. The zero-order valence-corrected chi connectivity index (χ0v) is 12.9. The van der Waals surface area contributed by atoms with E-state index in [1.54, 1.807) is 6.33 Å². The van der Waals surface area contributed by atoms with E-state index in [1.165, 1.54) is 0 Å². The molecular weight excluding hydrogens is 276 g/mol. The van der Waals surface area contributed by atoms with Crippen LogP contribution in [0.3, 0.4) is 0 Å². The number of nitrogens with two attached hydrogens (primary N) is 1. The molecule has 3 N–H and O–H groups in total. The highest BCUT2D eigenvalue weighted by Crippen LogP contribution is 2.17. The van der Waals surface area contributed by atoms with E-state index in [4.69, 9.17) is 10.5 Å². The van der Waals surface area contributed by atoms with Crippen molar-refractivity contribution in [3.63, 3.8) is 0 Å². The lowest BCUT2D eigenvalue weighted by atomic mass is 10.1. The molecule has 22 heavy (non-hydrogen) atoms. The summed E-state index contributed by atoms with van der Waals surface area (Å²) in [6.45, 7) is 2.97. The monoisotopic (exact) mass is 300 g/mol. The number of benzene rings is 1. The molecule has 0 bridgehead atoms. The van der Waals surface area contributed by atoms with Gasteiger partial charge in [-0.15, -0.1) is 0 Å². The van der Waals surface area contributed by atoms with Crippen molar-refractivity contribution < 1.29 is 4.74 Å².